The van der Waals surface area contributed by atoms with E-state index in [0.29, 0.717) is 6.54 Å². The summed E-state index contributed by atoms with van der Waals surface area (Å²) < 4.78 is 1.85. The van der Waals surface area contributed by atoms with Crippen molar-refractivity contribution in [2.75, 3.05) is 40.8 Å². The molecule has 0 aromatic carbocycles. The predicted octanol–water partition coefficient (Wildman–Crippen LogP) is -0.380. The molecule has 6 heteroatoms. The van der Waals surface area contributed by atoms with Gasteiger partial charge in [-0.15, -0.1) is 5.10 Å². The maximum absolute atomic E-state index is 5.48. The highest BCUT2D eigenvalue weighted by Crippen LogP contribution is 1.94. The van der Waals surface area contributed by atoms with Crippen LogP contribution < -0.4 is 5.73 Å². The molecule has 6 nitrogen and oxygen atoms in total. The van der Waals surface area contributed by atoms with E-state index < -0.39 is 0 Å². The second-order valence-corrected chi connectivity index (χ2v) is 4.64. The van der Waals surface area contributed by atoms with E-state index in [1.807, 2.05) is 10.9 Å². The molecule has 0 saturated heterocycles. The summed E-state index contributed by atoms with van der Waals surface area (Å²) in [6, 6.07) is 0. The molecule has 1 aromatic rings. The zero-order chi connectivity index (χ0) is 12.7. The van der Waals surface area contributed by atoms with E-state index >= 15 is 0 Å². The minimum atomic E-state index is 0.457. The van der Waals surface area contributed by atoms with Gasteiger partial charge in [0.05, 0.1) is 12.2 Å². The Kier molecular flexibility index (Phi) is 6.10. The van der Waals surface area contributed by atoms with E-state index in [1.165, 1.54) is 6.42 Å². The maximum Gasteiger partial charge on any atom is 0.0962 e. The second kappa shape index (κ2) is 7.37. The van der Waals surface area contributed by atoms with Crippen LogP contribution in [0.3, 0.4) is 0 Å². The molecule has 0 fully saturated rings. The minimum absolute atomic E-state index is 0.457. The standard InChI is InChI=1S/C11H24N6/c1-15(2)5-4-6-16(3)7-8-17-10-11(9-12)13-14-17/h10H,4-9,12H2,1-3H3. The van der Waals surface area contributed by atoms with E-state index in [1.54, 1.807) is 0 Å². The van der Waals surface area contributed by atoms with E-state index in [-0.39, 0.29) is 0 Å². The van der Waals surface area contributed by atoms with Gasteiger partial charge in [0.2, 0.25) is 0 Å². The molecule has 0 aliphatic heterocycles. The van der Waals surface area contributed by atoms with Crippen LogP contribution in [0.5, 0.6) is 0 Å². The minimum Gasteiger partial charge on any atom is -0.325 e. The lowest BCUT2D eigenvalue weighted by Crippen LogP contribution is -2.27. The van der Waals surface area contributed by atoms with E-state index in [2.05, 4.69) is 41.3 Å². The molecule has 0 aliphatic carbocycles. The van der Waals surface area contributed by atoms with Crippen LogP contribution in [0.1, 0.15) is 12.1 Å². The van der Waals surface area contributed by atoms with Gasteiger partial charge in [0, 0.05) is 19.3 Å². The predicted molar refractivity (Wildman–Crippen MR) is 68.6 cm³/mol. The van der Waals surface area contributed by atoms with Crippen LogP contribution in [-0.2, 0) is 13.1 Å². The number of nitrogens with two attached hydrogens (primary N) is 1. The molecular weight excluding hydrogens is 216 g/mol. The summed E-state index contributed by atoms with van der Waals surface area (Å²) in [4.78, 5) is 4.52. The summed E-state index contributed by atoms with van der Waals surface area (Å²) >= 11 is 0. The van der Waals surface area contributed by atoms with Gasteiger partial charge in [-0.3, -0.25) is 4.68 Å². The molecule has 1 heterocycles. The third-order valence-electron chi connectivity index (χ3n) is 2.65. The molecule has 1 rings (SSSR count). The maximum atomic E-state index is 5.48. The van der Waals surface area contributed by atoms with Gasteiger partial charge in [0.15, 0.2) is 0 Å². The third kappa shape index (κ3) is 5.76. The first-order chi connectivity index (χ1) is 8.11. The van der Waals surface area contributed by atoms with Crippen molar-refractivity contribution in [2.24, 2.45) is 5.73 Å². The van der Waals surface area contributed by atoms with Crippen LogP contribution in [-0.4, -0.2) is 65.6 Å². The van der Waals surface area contributed by atoms with Gasteiger partial charge < -0.3 is 15.5 Å². The Morgan fingerprint density at radius 2 is 2.00 bits per heavy atom. The summed E-state index contributed by atoms with van der Waals surface area (Å²) in [5, 5.41) is 7.98. The summed E-state index contributed by atoms with van der Waals surface area (Å²) in [7, 11) is 6.34. The van der Waals surface area contributed by atoms with E-state index in [9.17, 15) is 0 Å². The smallest absolute Gasteiger partial charge is 0.0962 e. The van der Waals surface area contributed by atoms with Gasteiger partial charge >= 0.3 is 0 Å². The third-order valence-corrected chi connectivity index (χ3v) is 2.65. The highest BCUT2D eigenvalue weighted by atomic mass is 15.4. The van der Waals surface area contributed by atoms with Crippen LogP contribution in [0.25, 0.3) is 0 Å². The number of hydrogen-bond donors (Lipinski definition) is 1. The van der Waals surface area contributed by atoms with Crippen LogP contribution in [0.2, 0.25) is 0 Å². The molecule has 1 aromatic heterocycles. The molecular formula is C11H24N6. The Hall–Kier alpha value is -0.980. The van der Waals surface area contributed by atoms with Gasteiger partial charge in [-0.05, 0) is 40.7 Å². The quantitative estimate of drug-likeness (QED) is 0.671. The zero-order valence-electron chi connectivity index (χ0n) is 11.1. The normalized spacial score (nSPS) is 11.6. The van der Waals surface area contributed by atoms with E-state index in [4.69, 9.17) is 5.73 Å². The molecule has 0 saturated carbocycles. The summed E-state index contributed by atoms with van der Waals surface area (Å²) in [6.07, 6.45) is 3.10. The number of aromatic nitrogens is 3. The Labute approximate surface area is 103 Å². The van der Waals surface area contributed by atoms with Crippen molar-refractivity contribution >= 4 is 0 Å². The first-order valence-corrected chi connectivity index (χ1v) is 6.04. The topological polar surface area (TPSA) is 63.2 Å². The van der Waals surface area contributed by atoms with Gasteiger partial charge in [-0.2, -0.15) is 0 Å². The van der Waals surface area contributed by atoms with Gasteiger partial charge in [-0.25, -0.2) is 0 Å². The molecule has 0 atom stereocenters. The first-order valence-electron chi connectivity index (χ1n) is 6.04. The SMILES string of the molecule is CN(C)CCCN(C)CCn1cc(CN)nn1. The van der Waals surface area contributed by atoms with Gasteiger partial charge in [-0.1, -0.05) is 5.21 Å². The average Bonchev–Trinajstić information content (AvgIpc) is 2.73. The lowest BCUT2D eigenvalue weighted by atomic mass is 10.3. The lowest BCUT2D eigenvalue weighted by Gasteiger charge is -2.17. The molecule has 0 unspecified atom stereocenters. The Bertz CT molecular complexity index is 309. The molecule has 2 N–H and O–H groups in total. The van der Waals surface area contributed by atoms with Crippen molar-refractivity contribution in [3.8, 4) is 0 Å². The van der Waals surface area contributed by atoms with E-state index in [0.717, 1.165) is 31.9 Å². The molecule has 0 bridgehead atoms. The number of hydrogen-bond acceptors (Lipinski definition) is 5. The summed E-state index contributed by atoms with van der Waals surface area (Å²) in [6.45, 7) is 4.55. The summed E-state index contributed by atoms with van der Waals surface area (Å²) in [5.74, 6) is 0. The van der Waals surface area contributed by atoms with Crippen molar-refractivity contribution in [3.63, 3.8) is 0 Å². The van der Waals surface area contributed by atoms with Crippen molar-refractivity contribution in [3.05, 3.63) is 11.9 Å². The Morgan fingerprint density at radius 1 is 1.24 bits per heavy atom. The largest absolute Gasteiger partial charge is 0.325 e. The van der Waals surface area contributed by atoms with Crippen LogP contribution >= 0.6 is 0 Å². The highest BCUT2D eigenvalue weighted by molar-refractivity contribution is 4.90. The van der Waals surface area contributed by atoms with Crippen molar-refractivity contribution in [2.45, 2.75) is 19.5 Å². The number of rotatable bonds is 8. The van der Waals surface area contributed by atoms with Gasteiger partial charge in [0.25, 0.3) is 0 Å². The van der Waals surface area contributed by atoms with Crippen LogP contribution in [0, 0.1) is 0 Å². The zero-order valence-corrected chi connectivity index (χ0v) is 11.1. The van der Waals surface area contributed by atoms with Crippen molar-refractivity contribution in [1.29, 1.82) is 0 Å². The fourth-order valence-corrected chi connectivity index (χ4v) is 1.58. The fraction of sp³-hybridized carbons (Fsp3) is 0.818. The molecule has 0 aliphatic rings. The first kappa shape index (κ1) is 14.1. The average molecular weight is 240 g/mol. The number of likely N-dealkylation sites (N-methyl/N-ethyl adjacent to an activating group) is 1. The highest BCUT2D eigenvalue weighted by Gasteiger charge is 2.02. The monoisotopic (exact) mass is 240 g/mol. The second-order valence-electron chi connectivity index (χ2n) is 4.64. The Morgan fingerprint density at radius 3 is 2.59 bits per heavy atom. The lowest BCUT2D eigenvalue weighted by molar-refractivity contribution is 0.285. The van der Waals surface area contributed by atoms with Crippen LogP contribution in [0.4, 0.5) is 0 Å². The molecule has 17 heavy (non-hydrogen) atoms. The van der Waals surface area contributed by atoms with Crippen molar-refractivity contribution in [1.82, 2.24) is 24.8 Å². The molecule has 0 amide bonds. The Balaban J connectivity index is 2.16. The fourth-order valence-electron chi connectivity index (χ4n) is 1.58. The van der Waals surface area contributed by atoms with Crippen LogP contribution in [0.15, 0.2) is 6.20 Å². The molecule has 0 radical (unpaired) electrons. The van der Waals surface area contributed by atoms with Crippen molar-refractivity contribution < 1.29 is 0 Å². The number of nitrogens with zero attached hydrogens (tertiary/aromatic N) is 5. The van der Waals surface area contributed by atoms with Gasteiger partial charge in [0.1, 0.15) is 0 Å². The summed E-state index contributed by atoms with van der Waals surface area (Å²) in [5.41, 5.74) is 6.33. The molecule has 0 spiro atoms. The molecule has 98 valence electrons.